The minimum Gasteiger partial charge on any atom is -0.370 e. The molecule has 2 aromatic heterocycles. The summed E-state index contributed by atoms with van der Waals surface area (Å²) in [7, 11) is 0. The summed E-state index contributed by atoms with van der Waals surface area (Å²) >= 11 is 5.97. The molecule has 0 unspecified atom stereocenters. The Morgan fingerprint density at radius 1 is 1.32 bits per heavy atom. The predicted octanol–water partition coefficient (Wildman–Crippen LogP) is 2.85. The van der Waals surface area contributed by atoms with Crippen molar-refractivity contribution >= 4 is 17.4 Å². The van der Waals surface area contributed by atoms with Crippen LogP contribution in [0.1, 0.15) is 31.4 Å². The average molecular weight is 280 g/mol. The zero-order chi connectivity index (χ0) is 13.5. The molecule has 2 aromatic rings. The fourth-order valence-electron chi connectivity index (χ4n) is 1.80. The fraction of sp³-hybridized carbons (Fsp3) is 0.462. The number of H-pyrrole nitrogens is 1. The van der Waals surface area contributed by atoms with Crippen LogP contribution < -0.4 is 5.32 Å². The largest absolute Gasteiger partial charge is 0.370 e. The van der Waals surface area contributed by atoms with Crippen molar-refractivity contribution in [3.05, 3.63) is 35.3 Å². The zero-order valence-corrected chi connectivity index (χ0v) is 11.7. The molecule has 2 N–H and O–H groups in total. The topological polar surface area (TPSA) is 66.5 Å². The summed E-state index contributed by atoms with van der Waals surface area (Å²) in [5.74, 6) is 2.60. The van der Waals surface area contributed by atoms with Crippen molar-refractivity contribution in [1.82, 2.24) is 19.9 Å². The number of nitrogens with one attached hydrogen (secondary N) is 2. The highest BCUT2D eigenvalue weighted by Gasteiger charge is 2.02. The normalized spacial score (nSPS) is 10.6. The van der Waals surface area contributed by atoms with Crippen LogP contribution in [0.15, 0.2) is 18.5 Å². The van der Waals surface area contributed by atoms with Crippen molar-refractivity contribution in [2.45, 2.75) is 32.6 Å². The van der Waals surface area contributed by atoms with E-state index in [1.165, 1.54) is 0 Å². The molecule has 102 valence electrons. The first-order chi connectivity index (χ1) is 9.28. The summed E-state index contributed by atoms with van der Waals surface area (Å²) in [5.41, 5.74) is 0. The summed E-state index contributed by atoms with van der Waals surface area (Å²) in [4.78, 5) is 15.9. The van der Waals surface area contributed by atoms with E-state index in [2.05, 4.69) is 32.2 Å². The smallest absolute Gasteiger partial charge is 0.134 e. The molecule has 19 heavy (non-hydrogen) atoms. The summed E-state index contributed by atoms with van der Waals surface area (Å²) in [6, 6.07) is 1.76. The van der Waals surface area contributed by atoms with Crippen LogP contribution in [-0.2, 0) is 12.8 Å². The Balaban J connectivity index is 1.81. The molecule has 0 amide bonds. The van der Waals surface area contributed by atoms with Gasteiger partial charge in [-0.1, -0.05) is 18.5 Å². The number of rotatable bonds is 7. The van der Waals surface area contributed by atoms with Crippen LogP contribution >= 0.6 is 11.6 Å². The lowest BCUT2D eigenvalue weighted by Crippen LogP contribution is -2.07. The summed E-state index contributed by atoms with van der Waals surface area (Å²) in [6.07, 6.45) is 7.37. The Morgan fingerprint density at radius 3 is 2.95 bits per heavy atom. The van der Waals surface area contributed by atoms with Crippen LogP contribution in [-0.4, -0.2) is 26.5 Å². The molecule has 0 saturated heterocycles. The van der Waals surface area contributed by atoms with E-state index in [9.17, 15) is 0 Å². The Bertz CT molecular complexity index is 498. The molecular weight excluding hydrogens is 262 g/mol. The first-order valence-electron chi connectivity index (χ1n) is 6.53. The van der Waals surface area contributed by atoms with Crippen molar-refractivity contribution in [2.24, 2.45) is 0 Å². The third-order valence-electron chi connectivity index (χ3n) is 2.67. The van der Waals surface area contributed by atoms with E-state index in [0.29, 0.717) is 5.15 Å². The predicted molar refractivity (Wildman–Crippen MR) is 76.4 cm³/mol. The van der Waals surface area contributed by atoms with Crippen LogP contribution in [0, 0.1) is 0 Å². The third-order valence-corrected chi connectivity index (χ3v) is 2.86. The second kappa shape index (κ2) is 7.09. The number of halogens is 1. The van der Waals surface area contributed by atoms with Crippen LogP contribution in [0.5, 0.6) is 0 Å². The van der Waals surface area contributed by atoms with Gasteiger partial charge in [0.05, 0.1) is 0 Å². The Hall–Kier alpha value is -1.62. The minimum absolute atomic E-state index is 0.493. The van der Waals surface area contributed by atoms with Crippen LogP contribution in [0.2, 0.25) is 5.15 Å². The number of hydrogen-bond donors (Lipinski definition) is 2. The minimum atomic E-state index is 0.493. The van der Waals surface area contributed by atoms with E-state index in [4.69, 9.17) is 11.6 Å². The number of hydrogen-bond acceptors (Lipinski definition) is 4. The van der Waals surface area contributed by atoms with Crippen molar-refractivity contribution in [2.75, 3.05) is 11.9 Å². The average Bonchev–Trinajstić information content (AvgIpc) is 2.87. The number of aromatic nitrogens is 4. The maximum absolute atomic E-state index is 5.97. The Kier molecular flexibility index (Phi) is 5.15. The molecule has 0 aliphatic rings. The molecule has 0 atom stereocenters. The summed E-state index contributed by atoms with van der Waals surface area (Å²) in [6.45, 7) is 2.93. The molecule has 0 fully saturated rings. The van der Waals surface area contributed by atoms with Crippen molar-refractivity contribution in [1.29, 1.82) is 0 Å². The molecule has 0 bridgehead atoms. The van der Waals surface area contributed by atoms with Gasteiger partial charge in [-0.2, -0.15) is 0 Å². The van der Waals surface area contributed by atoms with E-state index in [1.54, 1.807) is 12.3 Å². The van der Waals surface area contributed by atoms with Gasteiger partial charge in [0, 0.05) is 37.8 Å². The van der Waals surface area contributed by atoms with Gasteiger partial charge >= 0.3 is 0 Å². The molecular formula is C13H18ClN5. The van der Waals surface area contributed by atoms with Gasteiger partial charge in [0.15, 0.2) is 0 Å². The molecule has 0 radical (unpaired) electrons. The van der Waals surface area contributed by atoms with Gasteiger partial charge in [0.25, 0.3) is 0 Å². The van der Waals surface area contributed by atoms with E-state index in [-0.39, 0.29) is 0 Å². The lowest BCUT2D eigenvalue weighted by atomic mass is 10.3. The molecule has 0 aliphatic heterocycles. The second-order valence-corrected chi connectivity index (χ2v) is 4.70. The molecule has 0 saturated carbocycles. The molecule has 0 spiro atoms. The molecule has 5 nitrogen and oxygen atoms in total. The standard InChI is InChI=1S/C13H18ClN5/c1-2-4-12-18-10(14)9-13(19-12)15-6-3-5-11-16-7-8-17-11/h7-9H,2-6H2,1H3,(H,16,17)(H,15,18,19). The number of imidazole rings is 1. The highest BCUT2D eigenvalue weighted by atomic mass is 35.5. The van der Waals surface area contributed by atoms with Gasteiger partial charge in [-0.15, -0.1) is 0 Å². The number of nitrogens with zero attached hydrogens (tertiary/aromatic N) is 3. The highest BCUT2D eigenvalue weighted by Crippen LogP contribution is 2.12. The van der Waals surface area contributed by atoms with Gasteiger partial charge in [0.1, 0.15) is 22.6 Å². The van der Waals surface area contributed by atoms with Crippen LogP contribution in [0.3, 0.4) is 0 Å². The Morgan fingerprint density at radius 2 is 2.21 bits per heavy atom. The van der Waals surface area contributed by atoms with Crippen LogP contribution in [0.25, 0.3) is 0 Å². The van der Waals surface area contributed by atoms with E-state index in [1.807, 2.05) is 6.20 Å². The van der Waals surface area contributed by atoms with Crippen molar-refractivity contribution in [3.8, 4) is 0 Å². The first-order valence-corrected chi connectivity index (χ1v) is 6.91. The van der Waals surface area contributed by atoms with Crippen molar-refractivity contribution < 1.29 is 0 Å². The molecule has 0 aliphatic carbocycles. The number of anilines is 1. The van der Waals surface area contributed by atoms with E-state index < -0.39 is 0 Å². The lowest BCUT2D eigenvalue weighted by molar-refractivity contribution is 0.804. The maximum Gasteiger partial charge on any atom is 0.134 e. The summed E-state index contributed by atoms with van der Waals surface area (Å²) < 4.78 is 0. The Labute approximate surface area is 117 Å². The van der Waals surface area contributed by atoms with Crippen molar-refractivity contribution in [3.63, 3.8) is 0 Å². The van der Waals surface area contributed by atoms with Gasteiger partial charge in [-0.25, -0.2) is 15.0 Å². The molecule has 6 heteroatoms. The number of aryl methyl sites for hydroxylation is 2. The van der Waals surface area contributed by atoms with E-state index >= 15 is 0 Å². The zero-order valence-electron chi connectivity index (χ0n) is 11.0. The molecule has 2 rings (SSSR count). The second-order valence-electron chi connectivity index (χ2n) is 4.31. The van der Waals surface area contributed by atoms with Gasteiger partial charge in [-0.05, 0) is 12.8 Å². The third kappa shape index (κ3) is 4.52. The monoisotopic (exact) mass is 279 g/mol. The highest BCUT2D eigenvalue weighted by molar-refractivity contribution is 6.29. The van der Waals surface area contributed by atoms with E-state index in [0.717, 1.165) is 49.7 Å². The molecule has 2 heterocycles. The van der Waals surface area contributed by atoms with Gasteiger partial charge < -0.3 is 10.3 Å². The molecule has 0 aromatic carbocycles. The fourth-order valence-corrected chi connectivity index (χ4v) is 2.00. The van der Waals surface area contributed by atoms with Gasteiger partial charge in [-0.3, -0.25) is 0 Å². The van der Waals surface area contributed by atoms with Crippen LogP contribution in [0.4, 0.5) is 5.82 Å². The number of aromatic amines is 1. The SMILES string of the molecule is CCCc1nc(Cl)cc(NCCCc2ncc[nH]2)n1. The first kappa shape index (κ1) is 13.8. The quantitative estimate of drug-likeness (QED) is 0.604. The van der Waals surface area contributed by atoms with Gasteiger partial charge in [0.2, 0.25) is 0 Å². The lowest BCUT2D eigenvalue weighted by Gasteiger charge is -2.07. The maximum atomic E-state index is 5.97. The summed E-state index contributed by atoms with van der Waals surface area (Å²) in [5, 5.41) is 3.76.